The molecule has 6 amide bonds. The summed E-state index contributed by atoms with van der Waals surface area (Å²) in [7, 11) is 0. The molecule has 0 heterocycles. The molecule has 0 saturated heterocycles. The molecule has 0 spiro atoms. The Balaban J connectivity index is 1.62. The van der Waals surface area contributed by atoms with Crippen LogP contribution in [0.4, 0.5) is 14.4 Å². The summed E-state index contributed by atoms with van der Waals surface area (Å²) in [6, 6.07) is 9.21. The molecule has 67 heavy (non-hydrogen) atoms. The quantitative estimate of drug-likeness (QED) is 0.0467. The number of nitrogens with one attached hydrogen (secondary N) is 6. The largest absolute Gasteiger partial charge is 0.460 e. The molecule has 2 aromatic rings. The van der Waals surface area contributed by atoms with Crippen molar-refractivity contribution in [3.8, 4) is 0 Å². The van der Waals surface area contributed by atoms with Crippen molar-refractivity contribution in [2.24, 2.45) is 5.92 Å². The molecule has 0 radical (unpaired) electrons. The van der Waals surface area contributed by atoms with Crippen LogP contribution in [0.3, 0.4) is 0 Å². The van der Waals surface area contributed by atoms with Crippen LogP contribution in [0, 0.1) is 5.92 Å². The standard InChI is InChI=1S/C50H78N6O11/c1-47(2,3)64-40(57)27-26-38(43(60)66-49(7,8)9)55-45(62)54-37(42(59)65-48(4,5)6)19-15-16-28-51-41(58)39(30-33-20-23-34-17-13-14-18-35(34)29-33)56-44(61)52-31-32-21-24-36(25-22-32)53-46(63)67-50(10,11)12/h13-14,17-18,20,23,29,32,36-39H,15-16,19,21-22,24-28,30-31H2,1-12H3,(H,51,58)(H,53,63)(H2,52,56,61)(H2,54,55,62)/t32?,36?,37-,38-,39-/m0/s1. The van der Waals surface area contributed by atoms with Gasteiger partial charge < -0.3 is 50.8 Å². The minimum absolute atomic E-state index is 0.000908. The lowest BCUT2D eigenvalue weighted by molar-refractivity contribution is -0.159. The fourth-order valence-electron chi connectivity index (χ4n) is 7.31. The van der Waals surface area contributed by atoms with E-state index >= 15 is 0 Å². The monoisotopic (exact) mass is 939 g/mol. The summed E-state index contributed by atoms with van der Waals surface area (Å²) in [5, 5.41) is 18.9. The Morgan fingerprint density at radius 2 is 1.12 bits per heavy atom. The maximum atomic E-state index is 13.8. The van der Waals surface area contributed by atoms with Crippen LogP contribution in [0.1, 0.15) is 146 Å². The summed E-state index contributed by atoms with van der Waals surface area (Å²) in [6.07, 6.45) is 3.55. The number of rotatable bonds is 19. The maximum absolute atomic E-state index is 13.8. The van der Waals surface area contributed by atoms with E-state index in [9.17, 15) is 33.6 Å². The summed E-state index contributed by atoms with van der Waals surface area (Å²) in [5.41, 5.74) is -2.21. The Labute approximate surface area is 397 Å². The Bertz CT molecular complexity index is 1990. The predicted octanol–water partition coefficient (Wildman–Crippen LogP) is 7.26. The summed E-state index contributed by atoms with van der Waals surface area (Å²) in [4.78, 5) is 91.7. The number of fused-ring (bicyclic) bond motifs is 1. The topological polar surface area (TPSA) is 229 Å². The molecular weight excluding hydrogens is 861 g/mol. The normalized spacial score (nSPS) is 16.8. The van der Waals surface area contributed by atoms with Crippen molar-refractivity contribution < 1.29 is 52.5 Å². The number of benzene rings is 2. The molecule has 1 aliphatic rings. The van der Waals surface area contributed by atoms with Crippen molar-refractivity contribution in [1.82, 2.24) is 31.9 Å². The SMILES string of the molecule is CC(C)(C)OC(=O)CC[C@H](NC(=O)N[C@@H](CCCCNC(=O)[C@H](Cc1ccc2ccccc2c1)NC(=O)NCC1CCC(NC(=O)OC(C)(C)C)CC1)C(=O)OC(C)(C)C)C(=O)OC(C)(C)C. The van der Waals surface area contributed by atoms with Gasteiger partial charge in [0, 0.05) is 32.0 Å². The van der Waals surface area contributed by atoms with Crippen molar-refractivity contribution >= 4 is 52.7 Å². The first-order valence-electron chi connectivity index (χ1n) is 23.6. The van der Waals surface area contributed by atoms with E-state index in [-0.39, 0.29) is 44.2 Å². The Hall–Kier alpha value is -5.61. The van der Waals surface area contributed by atoms with Gasteiger partial charge in [-0.1, -0.05) is 42.5 Å². The van der Waals surface area contributed by atoms with Crippen LogP contribution in [0.2, 0.25) is 0 Å². The molecule has 17 nitrogen and oxygen atoms in total. The summed E-state index contributed by atoms with van der Waals surface area (Å²) in [6.45, 7) is 21.4. The van der Waals surface area contributed by atoms with Gasteiger partial charge in [-0.2, -0.15) is 0 Å². The van der Waals surface area contributed by atoms with E-state index in [1.54, 1.807) is 62.3 Å². The lowest BCUT2D eigenvalue weighted by Crippen LogP contribution is -2.53. The first-order valence-corrected chi connectivity index (χ1v) is 23.6. The van der Waals surface area contributed by atoms with Crippen molar-refractivity contribution in [3.63, 3.8) is 0 Å². The molecule has 0 aromatic heterocycles. The average molecular weight is 939 g/mol. The molecule has 1 aliphatic carbocycles. The Kier molecular flexibility index (Phi) is 20.8. The highest BCUT2D eigenvalue weighted by Gasteiger charge is 2.32. The first kappa shape index (κ1) is 55.7. The van der Waals surface area contributed by atoms with E-state index < -0.39 is 82.5 Å². The number of ether oxygens (including phenoxy) is 4. The maximum Gasteiger partial charge on any atom is 0.407 e. The van der Waals surface area contributed by atoms with Crippen LogP contribution >= 0.6 is 0 Å². The highest BCUT2D eigenvalue weighted by molar-refractivity contribution is 5.89. The zero-order valence-electron chi connectivity index (χ0n) is 41.9. The van der Waals surface area contributed by atoms with Crippen LogP contribution in [-0.2, 0) is 44.5 Å². The second-order valence-electron chi connectivity index (χ2n) is 21.4. The third-order valence-electron chi connectivity index (χ3n) is 10.3. The van der Waals surface area contributed by atoms with Crippen LogP contribution in [0.5, 0.6) is 0 Å². The third-order valence-corrected chi connectivity index (χ3v) is 10.3. The van der Waals surface area contributed by atoms with Crippen molar-refractivity contribution in [2.75, 3.05) is 13.1 Å². The van der Waals surface area contributed by atoms with Gasteiger partial charge in [0.25, 0.3) is 0 Å². The molecule has 17 heteroatoms. The average Bonchev–Trinajstić information content (AvgIpc) is 3.18. The first-order chi connectivity index (χ1) is 31.0. The number of hydrogen-bond donors (Lipinski definition) is 6. The van der Waals surface area contributed by atoms with Crippen molar-refractivity contribution in [2.45, 2.75) is 194 Å². The zero-order valence-corrected chi connectivity index (χ0v) is 41.9. The molecule has 374 valence electrons. The van der Waals surface area contributed by atoms with Gasteiger partial charge in [0.1, 0.15) is 40.5 Å². The number of urea groups is 2. The van der Waals surface area contributed by atoms with Gasteiger partial charge in [0.05, 0.1) is 0 Å². The lowest BCUT2D eigenvalue weighted by Gasteiger charge is -2.30. The Morgan fingerprint density at radius 1 is 0.582 bits per heavy atom. The van der Waals surface area contributed by atoms with E-state index in [4.69, 9.17) is 18.9 Å². The number of esters is 3. The van der Waals surface area contributed by atoms with Crippen LogP contribution in [-0.4, -0.2) is 102 Å². The van der Waals surface area contributed by atoms with Gasteiger partial charge in [0.15, 0.2) is 0 Å². The lowest BCUT2D eigenvalue weighted by atomic mass is 9.86. The van der Waals surface area contributed by atoms with E-state index in [1.165, 1.54) is 0 Å². The number of carbonyl (C=O) groups excluding carboxylic acids is 7. The highest BCUT2D eigenvalue weighted by atomic mass is 16.6. The van der Waals surface area contributed by atoms with E-state index in [1.807, 2.05) is 63.2 Å². The number of hydrogen-bond acceptors (Lipinski definition) is 11. The van der Waals surface area contributed by atoms with E-state index in [0.29, 0.717) is 19.4 Å². The molecule has 0 unspecified atom stereocenters. The molecular formula is C50H78N6O11. The van der Waals surface area contributed by atoms with Gasteiger partial charge in [-0.15, -0.1) is 0 Å². The number of amides is 6. The minimum atomic E-state index is -1.23. The minimum Gasteiger partial charge on any atom is -0.460 e. The molecule has 6 N–H and O–H groups in total. The molecule has 1 saturated carbocycles. The van der Waals surface area contributed by atoms with Gasteiger partial charge in [-0.05, 0) is 157 Å². The molecule has 3 atom stereocenters. The fraction of sp³-hybridized carbons (Fsp3) is 0.660. The highest BCUT2D eigenvalue weighted by Crippen LogP contribution is 2.24. The summed E-state index contributed by atoms with van der Waals surface area (Å²) >= 11 is 0. The molecule has 2 aromatic carbocycles. The summed E-state index contributed by atoms with van der Waals surface area (Å²) in [5.74, 6) is -2.18. The number of alkyl carbamates (subject to hydrolysis) is 1. The van der Waals surface area contributed by atoms with Gasteiger partial charge >= 0.3 is 36.1 Å². The molecule has 0 bridgehead atoms. The van der Waals surface area contributed by atoms with Crippen molar-refractivity contribution in [3.05, 3.63) is 48.0 Å². The molecule has 1 fully saturated rings. The van der Waals surface area contributed by atoms with Crippen LogP contribution in [0.15, 0.2) is 42.5 Å². The van der Waals surface area contributed by atoms with Gasteiger partial charge in [-0.3, -0.25) is 9.59 Å². The van der Waals surface area contributed by atoms with Gasteiger partial charge in [-0.25, -0.2) is 24.0 Å². The summed E-state index contributed by atoms with van der Waals surface area (Å²) < 4.78 is 21.9. The van der Waals surface area contributed by atoms with Crippen molar-refractivity contribution in [1.29, 1.82) is 0 Å². The second kappa shape index (κ2) is 25.0. The van der Waals surface area contributed by atoms with Crippen LogP contribution in [0.25, 0.3) is 10.8 Å². The van der Waals surface area contributed by atoms with E-state index in [2.05, 4.69) is 31.9 Å². The second-order valence-corrected chi connectivity index (χ2v) is 21.4. The zero-order chi connectivity index (χ0) is 50.2. The smallest absolute Gasteiger partial charge is 0.407 e. The van der Waals surface area contributed by atoms with Crippen LogP contribution < -0.4 is 31.9 Å². The molecule has 0 aliphatic heterocycles. The predicted molar refractivity (Wildman–Crippen MR) is 256 cm³/mol. The van der Waals surface area contributed by atoms with E-state index in [0.717, 1.165) is 42.0 Å². The Morgan fingerprint density at radius 3 is 1.69 bits per heavy atom. The third kappa shape index (κ3) is 23.1. The molecule has 3 rings (SSSR count). The number of unbranched alkanes of at least 4 members (excludes halogenated alkanes) is 1. The fourth-order valence-corrected chi connectivity index (χ4v) is 7.31. The van der Waals surface area contributed by atoms with Gasteiger partial charge in [0.2, 0.25) is 5.91 Å². The number of carbonyl (C=O) groups is 7.